The van der Waals surface area contributed by atoms with E-state index in [1.54, 1.807) is 24.9 Å². The van der Waals surface area contributed by atoms with Crippen LogP contribution in [0.2, 0.25) is 0 Å². The van der Waals surface area contributed by atoms with Crippen LogP contribution in [0.15, 0.2) is 65.7 Å². The molecule has 5 rings (SSSR count). The highest BCUT2D eigenvalue weighted by molar-refractivity contribution is 5.97. The number of pyridine rings is 1. The van der Waals surface area contributed by atoms with Crippen LogP contribution < -0.4 is 19.9 Å². The molecule has 0 saturated heterocycles. The molecule has 2 aromatic heterocycles. The number of aromatic nitrogens is 2. The van der Waals surface area contributed by atoms with Crippen molar-refractivity contribution in [2.24, 2.45) is 7.05 Å². The van der Waals surface area contributed by atoms with Gasteiger partial charge in [-0.3, -0.25) is 4.79 Å². The molecule has 30 heavy (non-hydrogen) atoms. The van der Waals surface area contributed by atoms with Gasteiger partial charge in [0, 0.05) is 49.1 Å². The average Bonchev–Trinajstić information content (AvgIpc) is 3.26. The first-order chi connectivity index (χ1) is 14.6. The van der Waals surface area contributed by atoms with Crippen LogP contribution in [-0.2, 0) is 7.05 Å². The summed E-state index contributed by atoms with van der Waals surface area (Å²) in [5.74, 6) is 1.54. The molecular weight excluding hydrogens is 378 g/mol. The van der Waals surface area contributed by atoms with Gasteiger partial charge in [0.1, 0.15) is 17.4 Å². The maximum atomic E-state index is 12.5. The van der Waals surface area contributed by atoms with Crippen molar-refractivity contribution in [3.8, 4) is 22.6 Å². The summed E-state index contributed by atoms with van der Waals surface area (Å²) in [6.45, 7) is 0.733. The molecule has 1 aliphatic heterocycles. The van der Waals surface area contributed by atoms with E-state index in [1.165, 1.54) is 0 Å². The van der Waals surface area contributed by atoms with Crippen molar-refractivity contribution in [1.82, 2.24) is 9.55 Å². The molecule has 2 aromatic carbocycles. The van der Waals surface area contributed by atoms with E-state index in [4.69, 9.17) is 9.47 Å². The van der Waals surface area contributed by atoms with Crippen LogP contribution in [0.25, 0.3) is 22.0 Å². The lowest BCUT2D eigenvalue weighted by Gasteiger charge is -2.35. The van der Waals surface area contributed by atoms with Gasteiger partial charge in [0.05, 0.1) is 19.3 Å². The Balaban J connectivity index is 1.75. The number of rotatable bonds is 3. The Morgan fingerprint density at radius 2 is 1.90 bits per heavy atom. The number of hydrogen-bond acceptors (Lipinski definition) is 4. The highest BCUT2D eigenvalue weighted by Crippen LogP contribution is 2.47. The fourth-order valence-corrected chi connectivity index (χ4v) is 4.16. The predicted octanol–water partition coefficient (Wildman–Crippen LogP) is 4.11. The van der Waals surface area contributed by atoms with Crippen LogP contribution >= 0.6 is 0 Å². The van der Waals surface area contributed by atoms with Gasteiger partial charge in [-0.05, 0) is 17.7 Å². The van der Waals surface area contributed by atoms with E-state index in [0.717, 1.165) is 45.8 Å². The molecule has 152 valence electrons. The Hall–Kier alpha value is -3.67. The van der Waals surface area contributed by atoms with E-state index < -0.39 is 0 Å². The topological polar surface area (TPSA) is 59.5 Å². The van der Waals surface area contributed by atoms with Gasteiger partial charge in [-0.1, -0.05) is 30.3 Å². The first-order valence-electron chi connectivity index (χ1n) is 9.88. The van der Waals surface area contributed by atoms with Crippen LogP contribution in [0.4, 0.5) is 5.69 Å². The number of nitrogens with one attached hydrogen (secondary N) is 1. The second kappa shape index (κ2) is 6.99. The highest BCUT2D eigenvalue weighted by atomic mass is 16.5. The maximum absolute atomic E-state index is 12.5. The Labute approximate surface area is 174 Å². The minimum atomic E-state index is -0.0925. The summed E-state index contributed by atoms with van der Waals surface area (Å²) in [4.78, 5) is 17.8. The fraction of sp³-hybridized carbons (Fsp3) is 0.208. The lowest BCUT2D eigenvalue weighted by atomic mass is 9.99. The average molecular weight is 401 g/mol. The van der Waals surface area contributed by atoms with Crippen molar-refractivity contribution in [1.29, 1.82) is 0 Å². The smallest absolute Gasteiger partial charge is 0.274 e. The first-order valence-corrected chi connectivity index (χ1v) is 9.88. The minimum absolute atomic E-state index is 0.0595. The number of aromatic amines is 1. The molecular formula is C24H23N3O3. The second-order valence-corrected chi connectivity index (χ2v) is 7.65. The monoisotopic (exact) mass is 401 g/mol. The Morgan fingerprint density at radius 1 is 1.10 bits per heavy atom. The third kappa shape index (κ3) is 2.84. The molecule has 0 aliphatic carbocycles. The molecule has 6 nitrogen and oxygen atoms in total. The highest BCUT2D eigenvalue weighted by Gasteiger charge is 2.29. The van der Waals surface area contributed by atoms with Crippen LogP contribution in [-0.4, -0.2) is 30.3 Å². The molecule has 1 aliphatic rings. The molecule has 6 heteroatoms. The molecule has 4 aromatic rings. The summed E-state index contributed by atoms with van der Waals surface area (Å²) in [7, 11) is 5.49. The third-order valence-electron chi connectivity index (χ3n) is 5.75. The maximum Gasteiger partial charge on any atom is 0.274 e. The van der Waals surface area contributed by atoms with Crippen molar-refractivity contribution >= 4 is 16.6 Å². The number of fused-ring (bicyclic) bond motifs is 2. The molecule has 1 N–H and O–H groups in total. The number of nitrogens with zero attached hydrogens (tertiary/aromatic N) is 2. The van der Waals surface area contributed by atoms with Crippen molar-refractivity contribution < 1.29 is 9.47 Å². The number of anilines is 1. The van der Waals surface area contributed by atoms with Crippen LogP contribution in [0.5, 0.6) is 11.5 Å². The molecule has 0 saturated carbocycles. The normalized spacial score (nSPS) is 15.7. The molecule has 1 atom stereocenters. The lowest BCUT2D eigenvalue weighted by molar-refractivity contribution is 0.200. The Bertz CT molecular complexity index is 1290. The summed E-state index contributed by atoms with van der Waals surface area (Å²) >= 11 is 0. The first kappa shape index (κ1) is 18.4. The van der Waals surface area contributed by atoms with Crippen molar-refractivity contribution in [3.63, 3.8) is 0 Å². The van der Waals surface area contributed by atoms with Gasteiger partial charge in [-0.2, -0.15) is 0 Å². The number of methoxy groups -OCH3 is 1. The van der Waals surface area contributed by atoms with E-state index in [2.05, 4.69) is 29.1 Å². The van der Waals surface area contributed by atoms with Gasteiger partial charge in [-0.25, -0.2) is 0 Å². The van der Waals surface area contributed by atoms with Crippen LogP contribution in [0.1, 0.15) is 11.7 Å². The van der Waals surface area contributed by atoms with E-state index >= 15 is 0 Å². The van der Waals surface area contributed by atoms with Crippen molar-refractivity contribution in [2.75, 3.05) is 25.6 Å². The van der Waals surface area contributed by atoms with Gasteiger partial charge in [0.2, 0.25) is 0 Å². The summed E-state index contributed by atoms with van der Waals surface area (Å²) in [6, 6.07) is 16.1. The van der Waals surface area contributed by atoms with Crippen molar-refractivity contribution in [2.45, 2.75) is 6.10 Å². The second-order valence-electron chi connectivity index (χ2n) is 7.65. The zero-order chi connectivity index (χ0) is 20.8. The van der Waals surface area contributed by atoms with Gasteiger partial charge < -0.3 is 23.9 Å². The quantitative estimate of drug-likeness (QED) is 0.561. The number of H-pyrrole nitrogens is 1. The molecule has 0 radical (unpaired) electrons. The standard InChI is InChI=1S/C24H23N3O3/c1-26-14-21(15-7-5-4-6-8-15)30-23-18(11-16(29-3)12-20(23)26)19-13-27(2)24(28)22-17(19)9-10-25-22/h4-13,21,25H,14H2,1-3H3/t21-/m1/s1. The molecule has 0 spiro atoms. The van der Waals surface area contributed by atoms with E-state index in [-0.39, 0.29) is 11.7 Å². The SMILES string of the molecule is COc1cc(-c2cn(C)c(=O)c3[nH]ccc23)c2c(c1)N(C)C[C@H](c1ccccc1)O2. The van der Waals surface area contributed by atoms with Gasteiger partial charge in [0.25, 0.3) is 5.56 Å². The molecule has 0 bridgehead atoms. The lowest BCUT2D eigenvalue weighted by Crippen LogP contribution is -2.32. The van der Waals surface area contributed by atoms with E-state index in [1.807, 2.05) is 42.6 Å². The Kier molecular flexibility index (Phi) is 4.28. The fourth-order valence-electron chi connectivity index (χ4n) is 4.16. The summed E-state index contributed by atoms with van der Waals surface area (Å²) in [5.41, 5.74) is 4.44. The summed E-state index contributed by atoms with van der Waals surface area (Å²) < 4.78 is 13.8. The molecule has 0 amide bonds. The van der Waals surface area contributed by atoms with E-state index in [0.29, 0.717) is 5.52 Å². The summed E-state index contributed by atoms with van der Waals surface area (Å²) in [6.07, 6.45) is 3.57. The minimum Gasteiger partial charge on any atom is -0.497 e. The third-order valence-corrected chi connectivity index (χ3v) is 5.75. The summed E-state index contributed by atoms with van der Waals surface area (Å²) in [5, 5.41) is 0.863. The zero-order valence-corrected chi connectivity index (χ0v) is 17.2. The number of aryl methyl sites for hydroxylation is 1. The number of likely N-dealkylation sites (N-methyl/N-ethyl adjacent to an activating group) is 1. The van der Waals surface area contributed by atoms with Crippen LogP contribution in [0.3, 0.4) is 0 Å². The number of hydrogen-bond donors (Lipinski definition) is 1. The largest absolute Gasteiger partial charge is 0.497 e. The molecule has 3 heterocycles. The number of ether oxygens (including phenoxy) is 2. The molecule has 0 fully saturated rings. The van der Waals surface area contributed by atoms with Gasteiger partial charge in [0.15, 0.2) is 5.75 Å². The predicted molar refractivity (Wildman–Crippen MR) is 119 cm³/mol. The van der Waals surface area contributed by atoms with Gasteiger partial charge >= 0.3 is 0 Å². The van der Waals surface area contributed by atoms with Crippen molar-refractivity contribution in [3.05, 3.63) is 76.8 Å². The Morgan fingerprint density at radius 3 is 2.67 bits per heavy atom. The van der Waals surface area contributed by atoms with Crippen LogP contribution in [0, 0.1) is 0 Å². The van der Waals surface area contributed by atoms with E-state index in [9.17, 15) is 4.79 Å². The molecule has 0 unspecified atom stereocenters. The zero-order valence-electron chi connectivity index (χ0n) is 17.2. The van der Waals surface area contributed by atoms with Gasteiger partial charge in [-0.15, -0.1) is 0 Å². The number of benzene rings is 2.